The van der Waals surface area contributed by atoms with Gasteiger partial charge in [-0.05, 0) is 38.3 Å². The van der Waals surface area contributed by atoms with Crippen molar-refractivity contribution in [1.82, 2.24) is 19.8 Å². The third kappa shape index (κ3) is 3.53. The minimum Gasteiger partial charge on any atom is -0.348 e. The molecule has 7 heteroatoms. The Morgan fingerprint density at radius 2 is 2.00 bits per heavy atom. The fourth-order valence-electron chi connectivity index (χ4n) is 3.88. The van der Waals surface area contributed by atoms with E-state index in [2.05, 4.69) is 14.9 Å². The number of carbonyl (C=O) groups is 2. The highest BCUT2D eigenvalue weighted by atomic mass is 32.1. The number of fused-ring (bicyclic) bond motifs is 1. The van der Waals surface area contributed by atoms with Crippen molar-refractivity contribution in [2.45, 2.75) is 45.2 Å². The van der Waals surface area contributed by atoms with Crippen LogP contribution in [0.1, 0.15) is 39.6 Å². The van der Waals surface area contributed by atoms with Gasteiger partial charge in [-0.15, -0.1) is 11.3 Å². The molecule has 4 rings (SSSR count). The van der Waals surface area contributed by atoms with Crippen LogP contribution in [0.4, 0.5) is 0 Å². The monoisotopic (exact) mass is 372 g/mol. The molecular weight excluding hydrogens is 348 g/mol. The Kier molecular flexibility index (Phi) is 4.80. The molecule has 2 amide bonds. The molecule has 1 N–H and O–H groups in total. The summed E-state index contributed by atoms with van der Waals surface area (Å²) in [6, 6.07) is 4.00. The van der Waals surface area contributed by atoms with Crippen LogP contribution >= 0.6 is 11.3 Å². The molecule has 0 aromatic carbocycles. The lowest BCUT2D eigenvalue weighted by Crippen LogP contribution is -2.48. The molecule has 0 aliphatic carbocycles. The Morgan fingerprint density at radius 1 is 1.19 bits per heavy atom. The van der Waals surface area contributed by atoms with Crippen LogP contribution in [0.2, 0.25) is 0 Å². The molecular formula is C19H24N4O2S. The van der Waals surface area contributed by atoms with E-state index < -0.39 is 0 Å². The average molecular weight is 372 g/mol. The maximum atomic E-state index is 12.8. The highest BCUT2D eigenvalue weighted by Gasteiger charge is 2.31. The first-order valence-electron chi connectivity index (χ1n) is 9.26. The predicted molar refractivity (Wildman–Crippen MR) is 100 cm³/mol. The fraction of sp³-hybridized carbons (Fsp3) is 0.526. The van der Waals surface area contributed by atoms with Gasteiger partial charge in [-0.1, -0.05) is 0 Å². The van der Waals surface area contributed by atoms with Crippen LogP contribution in [-0.2, 0) is 17.8 Å². The molecule has 6 nitrogen and oxygen atoms in total. The van der Waals surface area contributed by atoms with Crippen LogP contribution in [0.3, 0.4) is 0 Å². The Bertz CT molecular complexity index is 804. The van der Waals surface area contributed by atoms with Crippen LogP contribution < -0.4 is 5.32 Å². The van der Waals surface area contributed by atoms with Crippen molar-refractivity contribution in [2.24, 2.45) is 5.92 Å². The number of carbonyl (C=O) groups excluding carboxylic acids is 2. The summed E-state index contributed by atoms with van der Waals surface area (Å²) in [5.41, 5.74) is 0. The third-order valence-corrected chi connectivity index (χ3v) is 6.40. The lowest BCUT2D eigenvalue weighted by atomic mass is 9.94. The molecule has 2 aliphatic rings. The minimum atomic E-state index is 0.00648. The number of hydrogen-bond donors (Lipinski definition) is 1. The highest BCUT2D eigenvalue weighted by Crippen LogP contribution is 2.23. The first-order valence-corrected chi connectivity index (χ1v) is 10.1. The van der Waals surface area contributed by atoms with Crippen molar-refractivity contribution < 1.29 is 9.59 Å². The molecule has 4 heterocycles. The second kappa shape index (κ2) is 7.23. The summed E-state index contributed by atoms with van der Waals surface area (Å²) >= 11 is 1.52. The molecule has 2 aromatic rings. The molecule has 26 heavy (non-hydrogen) atoms. The van der Waals surface area contributed by atoms with Crippen LogP contribution in [0, 0.1) is 12.8 Å². The van der Waals surface area contributed by atoms with Gasteiger partial charge in [0.05, 0.1) is 4.88 Å². The van der Waals surface area contributed by atoms with E-state index in [4.69, 9.17) is 0 Å². The normalized spacial score (nSPS) is 20.7. The molecule has 0 saturated carbocycles. The van der Waals surface area contributed by atoms with Crippen molar-refractivity contribution in [3.05, 3.63) is 40.1 Å². The lowest BCUT2D eigenvalue weighted by molar-refractivity contribution is -0.137. The number of nitrogens with one attached hydrogen (secondary N) is 1. The van der Waals surface area contributed by atoms with Gasteiger partial charge in [0.1, 0.15) is 5.82 Å². The molecule has 0 radical (unpaired) electrons. The zero-order chi connectivity index (χ0) is 18.1. The second-order valence-corrected chi connectivity index (χ2v) is 8.50. The Morgan fingerprint density at radius 3 is 2.73 bits per heavy atom. The summed E-state index contributed by atoms with van der Waals surface area (Å²) in [5, 5.41) is 3.12. The topological polar surface area (TPSA) is 67.2 Å². The van der Waals surface area contributed by atoms with E-state index in [0.717, 1.165) is 60.9 Å². The van der Waals surface area contributed by atoms with Gasteiger partial charge in [0.25, 0.3) is 5.91 Å². The van der Waals surface area contributed by atoms with Crippen LogP contribution in [-0.4, -0.2) is 45.4 Å². The highest BCUT2D eigenvalue weighted by molar-refractivity contribution is 7.13. The van der Waals surface area contributed by atoms with Gasteiger partial charge in [-0.3, -0.25) is 9.59 Å². The van der Waals surface area contributed by atoms with Crippen molar-refractivity contribution in [1.29, 1.82) is 0 Å². The number of nitrogens with zero attached hydrogens (tertiary/aromatic N) is 3. The van der Waals surface area contributed by atoms with Crippen molar-refractivity contribution >= 4 is 23.2 Å². The van der Waals surface area contributed by atoms with Gasteiger partial charge in [-0.2, -0.15) is 0 Å². The first-order chi connectivity index (χ1) is 12.6. The zero-order valence-corrected chi connectivity index (χ0v) is 15.8. The predicted octanol–water partition coefficient (Wildman–Crippen LogP) is 2.24. The van der Waals surface area contributed by atoms with Gasteiger partial charge in [0.2, 0.25) is 5.91 Å². The number of imidazole rings is 1. The number of thiophene rings is 1. The van der Waals surface area contributed by atoms with Crippen molar-refractivity contribution in [3.63, 3.8) is 0 Å². The zero-order valence-electron chi connectivity index (χ0n) is 15.0. The molecule has 0 spiro atoms. The molecule has 1 atom stereocenters. The average Bonchev–Trinajstić information content (AvgIpc) is 3.29. The van der Waals surface area contributed by atoms with E-state index in [-0.39, 0.29) is 23.8 Å². The van der Waals surface area contributed by atoms with E-state index in [1.54, 1.807) is 0 Å². The van der Waals surface area contributed by atoms with E-state index in [0.29, 0.717) is 0 Å². The molecule has 1 unspecified atom stereocenters. The van der Waals surface area contributed by atoms with Crippen LogP contribution in [0.5, 0.6) is 0 Å². The quantitative estimate of drug-likeness (QED) is 0.898. The second-order valence-electron chi connectivity index (χ2n) is 7.21. The Hall–Kier alpha value is -2.15. The van der Waals surface area contributed by atoms with Gasteiger partial charge < -0.3 is 14.8 Å². The summed E-state index contributed by atoms with van der Waals surface area (Å²) < 4.78 is 2.14. The Labute approximate surface area is 157 Å². The van der Waals surface area contributed by atoms with Gasteiger partial charge in [0.15, 0.2) is 0 Å². The summed E-state index contributed by atoms with van der Waals surface area (Å²) in [6.07, 6.45) is 7.06. The van der Waals surface area contributed by atoms with Gasteiger partial charge in [-0.25, -0.2) is 4.98 Å². The number of rotatable bonds is 3. The van der Waals surface area contributed by atoms with E-state index >= 15 is 0 Å². The minimum absolute atomic E-state index is 0.00648. The Balaban J connectivity index is 1.28. The molecule has 0 bridgehead atoms. The maximum Gasteiger partial charge on any atom is 0.261 e. The number of aryl methyl sites for hydroxylation is 2. The molecule has 1 fully saturated rings. The van der Waals surface area contributed by atoms with Crippen molar-refractivity contribution in [3.8, 4) is 0 Å². The largest absolute Gasteiger partial charge is 0.348 e. The summed E-state index contributed by atoms with van der Waals surface area (Å²) in [6.45, 7) is 4.32. The number of piperidine rings is 1. The SMILES string of the molecule is Cc1ccc(C(=O)NC2CCN(C(=O)C3CCn4ccnc4C3)CC2)s1. The smallest absolute Gasteiger partial charge is 0.261 e. The maximum absolute atomic E-state index is 12.8. The third-order valence-electron chi connectivity index (χ3n) is 5.40. The van der Waals surface area contributed by atoms with Crippen LogP contribution in [0.25, 0.3) is 0 Å². The van der Waals surface area contributed by atoms with E-state index in [1.807, 2.05) is 36.4 Å². The molecule has 2 aromatic heterocycles. The standard InChI is InChI=1S/C19H24N4O2S/c1-13-2-3-16(26-13)18(24)21-15-5-9-23(10-6-15)19(25)14-4-8-22-11-7-20-17(22)12-14/h2-3,7,11,14-15H,4-6,8-10,12H2,1H3,(H,21,24). The number of aromatic nitrogens is 2. The molecule has 1 saturated heterocycles. The summed E-state index contributed by atoms with van der Waals surface area (Å²) in [7, 11) is 0. The van der Waals surface area contributed by atoms with E-state index in [1.165, 1.54) is 11.3 Å². The van der Waals surface area contributed by atoms with Gasteiger partial charge >= 0.3 is 0 Å². The fourth-order valence-corrected chi connectivity index (χ4v) is 4.65. The molecule has 138 valence electrons. The number of amides is 2. The molecule has 2 aliphatic heterocycles. The number of likely N-dealkylation sites (tertiary alicyclic amines) is 1. The summed E-state index contributed by atoms with van der Waals surface area (Å²) in [5.74, 6) is 1.32. The van der Waals surface area contributed by atoms with E-state index in [9.17, 15) is 9.59 Å². The number of hydrogen-bond acceptors (Lipinski definition) is 4. The lowest BCUT2D eigenvalue weighted by Gasteiger charge is -2.35. The van der Waals surface area contributed by atoms with Crippen LogP contribution in [0.15, 0.2) is 24.5 Å². The van der Waals surface area contributed by atoms with Gasteiger partial charge in [0, 0.05) is 55.3 Å². The first kappa shape index (κ1) is 17.3. The summed E-state index contributed by atoms with van der Waals surface area (Å²) in [4.78, 5) is 33.4. The van der Waals surface area contributed by atoms with Crippen molar-refractivity contribution in [2.75, 3.05) is 13.1 Å².